The van der Waals surface area contributed by atoms with E-state index < -0.39 is 0 Å². The van der Waals surface area contributed by atoms with Gasteiger partial charge in [-0.15, -0.1) is 0 Å². The second-order valence-corrected chi connectivity index (χ2v) is 7.02. The SMILES string of the molecule is CCc1ccc([C@@H](C)NC(=O)COc2ccc(NC(=O)c3ccccc3)cc2)cc1. The molecule has 0 unspecified atom stereocenters. The maximum Gasteiger partial charge on any atom is 0.258 e. The van der Waals surface area contributed by atoms with Crippen LogP contribution in [0.2, 0.25) is 0 Å². The van der Waals surface area contributed by atoms with Crippen LogP contribution in [0.15, 0.2) is 78.9 Å². The molecule has 0 aliphatic carbocycles. The molecule has 3 aromatic rings. The number of hydrogen-bond donors (Lipinski definition) is 2. The van der Waals surface area contributed by atoms with Crippen LogP contribution < -0.4 is 15.4 Å². The van der Waals surface area contributed by atoms with Crippen LogP contribution in [0.1, 0.15) is 41.4 Å². The van der Waals surface area contributed by atoms with E-state index in [4.69, 9.17) is 4.74 Å². The molecule has 0 saturated carbocycles. The molecule has 2 N–H and O–H groups in total. The highest BCUT2D eigenvalue weighted by molar-refractivity contribution is 6.04. The molecule has 0 heterocycles. The molecule has 0 aromatic heterocycles. The quantitative estimate of drug-likeness (QED) is 0.571. The molecule has 154 valence electrons. The largest absolute Gasteiger partial charge is 0.484 e. The van der Waals surface area contributed by atoms with Gasteiger partial charge in [0, 0.05) is 11.3 Å². The highest BCUT2D eigenvalue weighted by Gasteiger charge is 2.10. The van der Waals surface area contributed by atoms with Crippen molar-refractivity contribution >= 4 is 17.5 Å². The fourth-order valence-corrected chi connectivity index (χ4v) is 2.98. The molecule has 30 heavy (non-hydrogen) atoms. The number of carbonyl (C=O) groups is 2. The molecule has 5 nitrogen and oxygen atoms in total. The summed E-state index contributed by atoms with van der Waals surface area (Å²) in [5.41, 5.74) is 3.57. The summed E-state index contributed by atoms with van der Waals surface area (Å²) in [4.78, 5) is 24.4. The van der Waals surface area contributed by atoms with Crippen LogP contribution in [0.4, 0.5) is 5.69 Å². The van der Waals surface area contributed by atoms with Crippen LogP contribution >= 0.6 is 0 Å². The Kier molecular flexibility index (Phi) is 7.22. The van der Waals surface area contributed by atoms with Crippen LogP contribution in [0.5, 0.6) is 5.75 Å². The number of rotatable bonds is 8. The van der Waals surface area contributed by atoms with Gasteiger partial charge in [-0.1, -0.05) is 49.4 Å². The van der Waals surface area contributed by atoms with Gasteiger partial charge in [-0.3, -0.25) is 9.59 Å². The Balaban J connectivity index is 1.47. The molecule has 0 aliphatic rings. The molecule has 1 atom stereocenters. The standard InChI is InChI=1S/C25H26N2O3/c1-3-19-9-11-20(12-10-19)18(2)26-24(28)17-30-23-15-13-22(14-16-23)27-25(29)21-7-5-4-6-8-21/h4-16,18H,3,17H2,1-2H3,(H,26,28)(H,27,29)/t18-/m1/s1. The number of hydrogen-bond acceptors (Lipinski definition) is 3. The van der Waals surface area contributed by atoms with Gasteiger partial charge < -0.3 is 15.4 Å². The first kappa shape index (κ1) is 21.1. The van der Waals surface area contributed by atoms with E-state index in [9.17, 15) is 9.59 Å². The minimum atomic E-state index is -0.191. The van der Waals surface area contributed by atoms with E-state index in [0.717, 1.165) is 12.0 Å². The van der Waals surface area contributed by atoms with Gasteiger partial charge in [0.1, 0.15) is 5.75 Å². The molecular weight excluding hydrogens is 376 g/mol. The molecule has 3 rings (SSSR count). The lowest BCUT2D eigenvalue weighted by Crippen LogP contribution is -2.31. The van der Waals surface area contributed by atoms with Gasteiger partial charge >= 0.3 is 0 Å². The Bertz CT molecular complexity index is 968. The number of amides is 2. The number of nitrogens with one attached hydrogen (secondary N) is 2. The lowest BCUT2D eigenvalue weighted by atomic mass is 10.1. The smallest absolute Gasteiger partial charge is 0.258 e. The molecule has 2 amide bonds. The first-order valence-corrected chi connectivity index (χ1v) is 10.0. The maximum absolute atomic E-state index is 12.2. The number of carbonyl (C=O) groups excluding carboxylic acids is 2. The van der Waals surface area contributed by atoms with E-state index in [2.05, 4.69) is 29.7 Å². The third-order valence-electron chi connectivity index (χ3n) is 4.78. The van der Waals surface area contributed by atoms with Gasteiger partial charge in [-0.25, -0.2) is 0 Å². The van der Waals surface area contributed by atoms with Crippen LogP contribution in [0.25, 0.3) is 0 Å². The van der Waals surface area contributed by atoms with Gasteiger partial charge in [0.2, 0.25) is 0 Å². The van der Waals surface area contributed by atoms with E-state index in [-0.39, 0.29) is 24.5 Å². The summed E-state index contributed by atoms with van der Waals surface area (Å²) < 4.78 is 5.56. The van der Waals surface area contributed by atoms with Crippen molar-refractivity contribution in [2.24, 2.45) is 0 Å². The fraction of sp³-hybridized carbons (Fsp3) is 0.200. The van der Waals surface area contributed by atoms with Crippen molar-refractivity contribution in [1.82, 2.24) is 5.32 Å². The van der Waals surface area contributed by atoms with Crippen molar-refractivity contribution < 1.29 is 14.3 Å². The Morgan fingerprint density at radius 2 is 1.57 bits per heavy atom. The Labute approximate surface area is 177 Å². The Morgan fingerprint density at radius 3 is 2.20 bits per heavy atom. The summed E-state index contributed by atoms with van der Waals surface area (Å²) in [5.74, 6) is 0.191. The zero-order valence-electron chi connectivity index (χ0n) is 17.2. The molecule has 5 heteroatoms. The van der Waals surface area contributed by atoms with Crippen LogP contribution in [0.3, 0.4) is 0 Å². The predicted octanol–water partition coefficient (Wildman–Crippen LogP) is 4.76. The van der Waals surface area contributed by atoms with Crippen LogP contribution in [0, 0.1) is 0 Å². The summed E-state index contributed by atoms with van der Waals surface area (Å²) >= 11 is 0. The normalized spacial score (nSPS) is 11.4. The van der Waals surface area contributed by atoms with Crippen molar-refractivity contribution in [2.45, 2.75) is 26.3 Å². The number of benzene rings is 3. The van der Waals surface area contributed by atoms with Gasteiger partial charge in [0.25, 0.3) is 11.8 Å². The van der Waals surface area contributed by atoms with Crippen molar-refractivity contribution in [3.05, 3.63) is 95.6 Å². The van der Waals surface area contributed by atoms with Crippen LogP contribution in [-0.2, 0) is 11.2 Å². The van der Waals surface area contributed by atoms with Crippen molar-refractivity contribution in [2.75, 3.05) is 11.9 Å². The number of aryl methyl sites for hydroxylation is 1. The number of ether oxygens (including phenoxy) is 1. The maximum atomic E-state index is 12.2. The lowest BCUT2D eigenvalue weighted by Gasteiger charge is -2.15. The topological polar surface area (TPSA) is 67.4 Å². The molecule has 3 aromatic carbocycles. The summed E-state index contributed by atoms with van der Waals surface area (Å²) in [6, 6.07) is 24.1. The third-order valence-corrected chi connectivity index (χ3v) is 4.78. The first-order valence-electron chi connectivity index (χ1n) is 10.0. The van der Waals surface area contributed by atoms with E-state index in [0.29, 0.717) is 17.0 Å². The number of anilines is 1. The van der Waals surface area contributed by atoms with Crippen molar-refractivity contribution in [3.63, 3.8) is 0 Å². The fourth-order valence-electron chi connectivity index (χ4n) is 2.98. The second-order valence-electron chi connectivity index (χ2n) is 7.02. The average molecular weight is 402 g/mol. The monoisotopic (exact) mass is 402 g/mol. The Hall–Kier alpha value is -3.60. The molecule has 0 saturated heterocycles. The summed E-state index contributed by atoms with van der Waals surface area (Å²) in [6.45, 7) is 3.98. The second kappa shape index (κ2) is 10.3. The Morgan fingerprint density at radius 1 is 0.900 bits per heavy atom. The van der Waals surface area contributed by atoms with E-state index in [1.165, 1.54) is 5.56 Å². The molecule has 0 aliphatic heterocycles. The zero-order valence-corrected chi connectivity index (χ0v) is 17.2. The predicted molar refractivity (Wildman–Crippen MR) is 119 cm³/mol. The molecule has 0 bridgehead atoms. The zero-order chi connectivity index (χ0) is 21.3. The summed E-state index contributed by atoms with van der Waals surface area (Å²) in [5, 5.41) is 5.77. The van der Waals surface area contributed by atoms with E-state index in [1.54, 1.807) is 36.4 Å². The molecular formula is C25H26N2O3. The van der Waals surface area contributed by atoms with Gasteiger partial charge in [-0.2, -0.15) is 0 Å². The molecule has 0 radical (unpaired) electrons. The average Bonchev–Trinajstić information content (AvgIpc) is 2.79. The lowest BCUT2D eigenvalue weighted by molar-refractivity contribution is -0.123. The molecule has 0 spiro atoms. The highest BCUT2D eigenvalue weighted by Crippen LogP contribution is 2.17. The third kappa shape index (κ3) is 5.95. The molecule has 0 fully saturated rings. The van der Waals surface area contributed by atoms with Gasteiger partial charge in [0.15, 0.2) is 6.61 Å². The van der Waals surface area contributed by atoms with Crippen LogP contribution in [-0.4, -0.2) is 18.4 Å². The summed E-state index contributed by atoms with van der Waals surface area (Å²) in [7, 11) is 0. The van der Waals surface area contributed by atoms with Crippen molar-refractivity contribution in [3.8, 4) is 5.75 Å². The van der Waals surface area contributed by atoms with Crippen molar-refractivity contribution in [1.29, 1.82) is 0 Å². The minimum Gasteiger partial charge on any atom is -0.484 e. The minimum absolute atomic E-state index is 0.0763. The highest BCUT2D eigenvalue weighted by atomic mass is 16.5. The first-order chi connectivity index (χ1) is 14.5. The van der Waals surface area contributed by atoms with Gasteiger partial charge in [-0.05, 0) is 60.9 Å². The summed E-state index contributed by atoms with van der Waals surface area (Å²) in [6.07, 6.45) is 0.990. The van der Waals surface area contributed by atoms with E-state index >= 15 is 0 Å². The van der Waals surface area contributed by atoms with E-state index in [1.807, 2.05) is 37.3 Å². The van der Waals surface area contributed by atoms with Gasteiger partial charge in [0.05, 0.1) is 6.04 Å².